The van der Waals surface area contributed by atoms with Crippen LogP contribution < -0.4 is 14.8 Å². The second-order valence-electron chi connectivity index (χ2n) is 8.07. The Bertz CT molecular complexity index is 1090. The highest BCUT2D eigenvalue weighted by Crippen LogP contribution is 2.37. The molecule has 2 aromatic carbocycles. The minimum Gasteiger partial charge on any atom is -0.490 e. The smallest absolute Gasteiger partial charge is 0.337 e. The summed E-state index contributed by atoms with van der Waals surface area (Å²) in [4.78, 5) is 24.3. The topological polar surface area (TPSA) is 97.7 Å². The maximum atomic E-state index is 12.7. The van der Waals surface area contributed by atoms with E-state index in [9.17, 15) is 14.9 Å². The van der Waals surface area contributed by atoms with Crippen molar-refractivity contribution in [3.05, 3.63) is 57.6 Å². The molecule has 0 fully saturated rings. The number of benzene rings is 2. The van der Waals surface area contributed by atoms with Gasteiger partial charge in [-0.2, -0.15) is 5.26 Å². The second-order valence-corrected chi connectivity index (χ2v) is 8.93. The lowest BCUT2D eigenvalue weighted by Gasteiger charge is -2.15. The molecule has 0 aromatic heterocycles. The predicted octanol–water partition coefficient (Wildman–Crippen LogP) is 6.92. The fourth-order valence-corrected chi connectivity index (χ4v) is 4.03. The first-order valence-corrected chi connectivity index (χ1v) is 12.9. The van der Waals surface area contributed by atoms with Gasteiger partial charge < -0.3 is 19.5 Å². The minimum atomic E-state index is -0.569. The summed E-state index contributed by atoms with van der Waals surface area (Å²) >= 11 is 3.54. The van der Waals surface area contributed by atoms with Gasteiger partial charge in [-0.15, -0.1) is 0 Å². The molecule has 0 saturated carbocycles. The van der Waals surface area contributed by atoms with Crippen LogP contribution in [-0.4, -0.2) is 32.2 Å². The van der Waals surface area contributed by atoms with Crippen molar-refractivity contribution in [2.45, 2.75) is 52.4 Å². The first-order valence-electron chi connectivity index (χ1n) is 12.1. The SMILES string of the molecule is CCCCCCCCOc1c(Br)cc(/C=C(/C#N)C(=O)Nc2ccc(C(=O)OC)cc2)cc1OCC. The molecule has 192 valence electrons. The van der Waals surface area contributed by atoms with Gasteiger partial charge in [-0.25, -0.2) is 4.79 Å². The van der Waals surface area contributed by atoms with E-state index in [0.717, 1.165) is 12.8 Å². The average molecular weight is 557 g/mol. The van der Waals surface area contributed by atoms with Crippen LogP contribution >= 0.6 is 15.9 Å². The quantitative estimate of drug-likeness (QED) is 0.117. The Morgan fingerprint density at radius 2 is 1.72 bits per heavy atom. The van der Waals surface area contributed by atoms with Gasteiger partial charge in [0.2, 0.25) is 0 Å². The standard InChI is InChI=1S/C28H33BrN2O5/c1-4-6-7-8-9-10-15-36-26-24(29)17-20(18-25(26)35-5-2)16-22(19-30)27(32)31-23-13-11-21(12-14-23)28(33)34-3/h11-14,16-18H,4-10,15H2,1-3H3,(H,31,32)/b22-16-. The Balaban J connectivity index is 2.12. The summed E-state index contributed by atoms with van der Waals surface area (Å²) in [6.45, 7) is 5.11. The van der Waals surface area contributed by atoms with Crippen LogP contribution in [0.4, 0.5) is 5.69 Å². The van der Waals surface area contributed by atoms with E-state index in [-0.39, 0.29) is 5.57 Å². The molecule has 1 amide bonds. The number of hydrogen-bond acceptors (Lipinski definition) is 6. The number of nitrogens with zero attached hydrogens (tertiary/aromatic N) is 1. The molecule has 2 rings (SSSR count). The van der Waals surface area contributed by atoms with Gasteiger partial charge in [0.25, 0.3) is 5.91 Å². The molecule has 0 aliphatic rings. The first-order chi connectivity index (χ1) is 17.4. The predicted molar refractivity (Wildman–Crippen MR) is 144 cm³/mol. The van der Waals surface area contributed by atoms with E-state index in [1.807, 2.05) is 13.0 Å². The van der Waals surface area contributed by atoms with Crippen LogP contribution in [0.1, 0.15) is 68.3 Å². The zero-order chi connectivity index (χ0) is 26.3. The highest BCUT2D eigenvalue weighted by Gasteiger charge is 2.15. The average Bonchev–Trinajstić information content (AvgIpc) is 2.88. The summed E-state index contributed by atoms with van der Waals surface area (Å²) in [5.74, 6) is 0.109. The first kappa shape index (κ1) is 28.9. The monoisotopic (exact) mass is 556 g/mol. The molecule has 0 atom stereocenters. The Hall–Kier alpha value is -3.31. The summed E-state index contributed by atoms with van der Waals surface area (Å²) in [7, 11) is 1.30. The molecule has 0 aliphatic carbocycles. The number of amides is 1. The number of methoxy groups -OCH3 is 1. The molecule has 2 aromatic rings. The Labute approximate surface area is 221 Å². The molecule has 0 bridgehead atoms. The van der Waals surface area contributed by atoms with Crippen molar-refractivity contribution in [1.82, 2.24) is 0 Å². The van der Waals surface area contributed by atoms with E-state index >= 15 is 0 Å². The molecular weight excluding hydrogens is 524 g/mol. The molecule has 36 heavy (non-hydrogen) atoms. The lowest BCUT2D eigenvalue weighted by Crippen LogP contribution is -2.13. The molecule has 1 N–H and O–H groups in total. The van der Waals surface area contributed by atoms with Crippen molar-refractivity contribution in [1.29, 1.82) is 5.26 Å². The van der Waals surface area contributed by atoms with Crippen molar-refractivity contribution < 1.29 is 23.8 Å². The molecule has 7 nitrogen and oxygen atoms in total. The van der Waals surface area contributed by atoms with Crippen molar-refractivity contribution >= 4 is 39.6 Å². The molecule has 0 aliphatic heterocycles. The number of ether oxygens (including phenoxy) is 3. The van der Waals surface area contributed by atoms with Crippen LogP contribution in [0.3, 0.4) is 0 Å². The van der Waals surface area contributed by atoms with Gasteiger partial charge in [-0.1, -0.05) is 39.0 Å². The number of unbranched alkanes of at least 4 members (excludes halogenated alkanes) is 5. The zero-order valence-electron chi connectivity index (χ0n) is 21.1. The van der Waals surface area contributed by atoms with E-state index in [2.05, 4.69) is 32.9 Å². The Kier molecular flexibility index (Phi) is 12.6. The summed E-state index contributed by atoms with van der Waals surface area (Å²) in [6.07, 6.45) is 8.51. The van der Waals surface area contributed by atoms with Gasteiger partial charge in [0.15, 0.2) is 11.5 Å². The van der Waals surface area contributed by atoms with E-state index in [1.54, 1.807) is 24.3 Å². The van der Waals surface area contributed by atoms with Crippen molar-refractivity contribution in [3.8, 4) is 17.6 Å². The molecule has 0 radical (unpaired) electrons. The number of hydrogen-bond donors (Lipinski definition) is 1. The van der Waals surface area contributed by atoms with Crippen LogP contribution in [-0.2, 0) is 9.53 Å². The minimum absolute atomic E-state index is 0.0814. The maximum Gasteiger partial charge on any atom is 0.337 e. The summed E-state index contributed by atoms with van der Waals surface area (Å²) in [5, 5.41) is 12.3. The molecule has 0 unspecified atom stereocenters. The third-order valence-electron chi connectivity index (χ3n) is 5.32. The summed E-state index contributed by atoms with van der Waals surface area (Å²) in [6, 6.07) is 11.7. The van der Waals surface area contributed by atoms with Crippen molar-refractivity contribution in [2.75, 3.05) is 25.6 Å². The summed E-state index contributed by atoms with van der Waals surface area (Å²) in [5.41, 5.74) is 1.34. The number of halogens is 1. The molecule has 0 spiro atoms. The van der Waals surface area contributed by atoms with E-state index in [0.29, 0.717) is 46.0 Å². The van der Waals surface area contributed by atoms with Crippen molar-refractivity contribution in [3.63, 3.8) is 0 Å². The van der Waals surface area contributed by atoms with Crippen LogP contribution in [0, 0.1) is 11.3 Å². The third kappa shape index (κ3) is 9.04. The van der Waals surface area contributed by atoms with Crippen LogP contribution in [0.5, 0.6) is 11.5 Å². The number of anilines is 1. The normalized spacial score (nSPS) is 10.9. The third-order valence-corrected chi connectivity index (χ3v) is 5.90. The molecule has 0 heterocycles. The number of carbonyl (C=O) groups is 2. The fourth-order valence-electron chi connectivity index (χ4n) is 3.45. The maximum absolute atomic E-state index is 12.7. The zero-order valence-corrected chi connectivity index (χ0v) is 22.7. The van der Waals surface area contributed by atoms with E-state index < -0.39 is 11.9 Å². The van der Waals surface area contributed by atoms with Gasteiger partial charge in [0.05, 0.1) is 30.4 Å². The van der Waals surface area contributed by atoms with E-state index in [4.69, 9.17) is 9.47 Å². The van der Waals surface area contributed by atoms with Gasteiger partial charge in [-0.05, 0) is 77.3 Å². The van der Waals surface area contributed by atoms with E-state index in [1.165, 1.54) is 51.0 Å². The number of nitrogens with one attached hydrogen (secondary N) is 1. The number of nitriles is 1. The lowest BCUT2D eigenvalue weighted by molar-refractivity contribution is -0.112. The number of carbonyl (C=O) groups excluding carboxylic acids is 2. The van der Waals surface area contributed by atoms with Crippen molar-refractivity contribution in [2.24, 2.45) is 0 Å². The molecular formula is C28H33BrN2O5. The highest BCUT2D eigenvalue weighted by atomic mass is 79.9. The molecule has 0 saturated heterocycles. The Morgan fingerprint density at radius 1 is 1.03 bits per heavy atom. The van der Waals surface area contributed by atoms with Crippen LogP contribution in [0.15, 0.2) is 46.4 Å². The largest absolute Gasteiger partial charge is 0.490 e. The second kappa shape index (κ2) is 15.6. The Morgan fingerprint density at radius 3 is 2.36 bits per heavy atom. The van der Waals surface area contributed by atoms with Gasteiger partial charge >= 0.3 is 5.97 Å². The van der Waals surface area contributed by atoms with Gasteiger partial charge in [0, 0.05) is 5.69 Å². The molecule has 8 heteroatoms. The van der Waals surface area contributed by atoms with Crippen LogP contribution in [0.2, 0.25) is 0 Å². The lowest BCUT2D eigenvalue weighted by atomic mass is 10.1. The number of esters is 1. The highest BCUT2D eigenvalue weighted by molar-refractivity contribution is 9.10. The van der Waals surface area contributed by atoms with Gasteiger partial charge in [0.1, 0.15) is 11.6 Å². The van der Waals surface area contributed by atoms with Gasteiger partial charge in [-0.3, -0.25) is 4.79 Å². The number of rotatable bonds is 14. The fraction of sp³-hybridized carbons (Fsp3) is 0.393. The summed E-state index contributed by atoms with van der Waals surface area (Å²) < 4.78 is 17.1. The van der Waals surface area contributed by atoms with Crippen LogP contribution in [0.25, 0.3) is 6.08 Å².